The van der Waals surface area contributed by atoms with Gasteiger partial charge in [-0.25, -0.2) is 0 Å². The van der Waals surface area contributed by atoms with Crippen LogP contribution in [0.1, 0.15) is 12.8 Å². The van der Waals surface area contributed by atoms with Gasteiger partial charge >= 0.3 is 0 Å². The van der Waals surface area contributed by atoms with Crippen molar-refractivity contribution < 1.29 is 0 Å². The van der Waals surface area contributed by atoms with Crippen molar-refractivity contribution in [2.75, 3.05) is 28.6 Å². The first-order chi connectivity index (χ1) is 10.7. The Bertz CT molecular complexity index is 668. The SMILES string of the molecule is S=C(Nc1cccc(Br)c1)Nc1ccccc1N1CCCC1. The summed E-state index contributed by atoms with van der Waals surface area (Å²) in [7, 11) is 0. The first kappa shape index (κ1) is 15.3. The molecule has 2 N–H and O–H groups in total. The average molecular weight is 376 g/mol. The number of rotatable bonds is 3. The quantitative estimate of drug-likeness (QED) is 0.749. The zero-order valence-corrected chi connectivity index (χ0v) is 14.6. The largest absolute Gasteiger partial charge is 0.370 e. The molecule has 0 bridgehead atoms. The molecular formula is C17H18BrN3S. The predicted molar refractivity (Wildman–Crippen MR) is 102 cm³/mol. The molecular weight excluding hydrogens is 358 g/mol. The molecule has 0 amide bonds. The van der Waals surface area contributed by atoms with Crippen molar-refractivity contribution >= 4 is 50.3 Å². The Kier molecular flexibility index (Phi) is 4.95. The lowest BCUT2D eigenvalue weighted by Gasteiger charge is -2.22. The molecule has 0 aromatic heterocycles. The molecule has 1 heterocycles. The fraction of sp³-hybridized carbons (Fsp3) is 0.235. The minimum Gasteiger partial charge on any atom is -0.370 e. The highest BCUT2D eigenvalue weighted by atomic mass is 79.9. The molecule has 0 aliphatic carbocycles. The monoisotopic (exact) mass is 375 g/mol. The first-order valence-corrected chi connectivity index (χ1v) is 8.60. The summed E-state index contributed by atoms with van der Waals surface area (Å²) in [6.07, 6.45) is 2.52. The van der Waals surface area contributed by atoms with Crippen LogP contribution in [0, 0.1) is 0 Å². The molecule has 1 saturated heterocycles. The van der Waals surface area contributed by atoms with Gasteiger partial charge < -0.3 is 15.5 Å². The third kappa shape index (κ3) is 3.78. The summed E-state index contributed by atoms with van der Waals surface area (Å²) >= 11 is 8.90. The normalized spacial score (nSPS) is 14.0. The molecule has 0 unspecified atom stereocenters. The summed E-state index contributed by atoms with van der Waals surface area (Å²) < 4.78 is 1.03. The van der Waals surface area contributed by atoms with Crippen LogP contribution in [-0.2, 0) is 0 Å². The summed E-state index contributed by atoms with van der Waals surface area (Å²) in [4.78, 5) is 2.41. The maximum atomic E-state index is 5.44. The highest BCUT2D eigenvalue weighted by Gasteiger charge is 2.15. The summed E-state index contributed by atoms with van der Waals surface area (Å²) in [5, 5.41) is 7.14. The maximum absolute atomic E-state index is 5.44. The van der Waals surface area contributed by atoms with Crippen LogP contribution in [0.5, 0.6) is 0 Å². The molecule has 22 heavy (non-hydrogen) atoms. The smallest absolute Gasteiger partial charge is 0.175 e. The summed E-state index contributed by atoms with van der Waals surface area (Å²) in [6, 6.07) is 16.3. The molecule has 114 valence electrons. The highest BCUT2D eigenvalue weighted by Crippen LogP contribution is 2.28. The Labute approximate surface area is 144 Å². The number of para-hydroxylation sites is 2. The van der Waals surface area contributed by atoms with Gasteiger partial charge in [0.1, 0.15) is 0 Å². The van der Waals surface area contributed by atoms with E-state index in [1.54, 1.807) is 0 Å². The zero-order valence-electron chi connectivity index (χ0n) is 12.2. The molecule has 0 radical (unpaired) electrons. The molecule has 0 atom stereocenters. The molecule has 0 saturated carbocycles. The van der Waals surface area contributed by atoms with E-state index < -0.39 is 0 Å². The second-order valence-electron chi connectivity index (χ2n) is 5.30. The van der Waals surface area contributed by atoms with Gasteiger partial charge in [-0.05, 0) is 55.4 Å². The average Bonchev–Trinajstić information content (AvgIpc) is 3.02. The van der Waals surface area contributed by atoms with E-state index in [2.05, 4.69) is 49.7 Å². The van der Waals surface area contributed by atoms with Gasteiger partial charge in [0.15, 0.2) is 5.11 Å². The lowest BCUT2D eigenvalue weighted by molar-refractivity contribution is 0.949. The van der Waals surface area contributed by atoms with E-state index in [1.807, 2.05) is 30.3 Å². The van der Waals surface area contributed by atoms with E-state index >= 15 is 0 Å². The van der Waals surface area contributed by atoms with Crippen LogP contribution < -0.4 is 15.5 Å². The lowest BCUT2D eigenvalue weighted by Crippen LogP contribution is -2.23. The molecule has 2 aromatic carbocycles. The molecule has 1 aliphatic rings. The van der Waals surface area contributed by atoms with Crippen molar-refractivity contribution in [1.82, 2.24) is 0 Å². The number of halogens is 1. The van der Waals surface area contributed by atoms with Gasteiger partial charge in [0.25, 0.3) is 0 Å². The van der Waals surface area contributed by atoms with Crippen molar-refractivity contribution in [1.29, 1.82) is 0 Å². The van der Waals surface area contributed by atoms with Crippen molar-refractivity contribution in [3.8, 4) is 0 Å². The van der Waals surface area contributed by atoms with Gasteiger partial charge in [0, 0.05) is 23.2 Å². The minimum absolute atomic E-state index is 0.602. The van der Waals surface area contributed by atoms with Crippen LogP contribution in [0.4, 0.5) is 17.1 Å². The van der Waals surface area contributed by atoms with E-state index in [-0.39, 0.29) is 0 Å². The van der Waals surface area contributed by atoms with Crippen LogP contribution in [0.15, 0.2) is 53.0 Å². The van der Waals surface area contributed by atoms with E-state index in [4.69, 9.17) is 12.2 Å². The van der Waals surface area contributed by atoms with Gasteiger partial charge in [0.2, 0.25) is 0 Å². The number of hydrogen-bond acceptors (Lipinski definition) is 2. The van der Waals surface area contributed by atoms with Crippen LogP contribution in [-0.4, -0.2) is 18.2 Å². The van der Waals surface area contributed by atoms with E-state index in [1.165, 1.54) is 18.5 Å². The Balaban J connectivity index is 1.71. The molecule has 0 spiro atoms. The van der Waals surface area contributed by atoms with Gasteiger partial charge in [-0.1, -0.05) is 34.1 Å². The van der Waals surface area contributed by atoms with Crippen molar-refractivity contribution in [2.24, 2.45) is 0 Å². The van der Waals surface area contributed by atoms with Crippen LogP contribution in [0.25, 0.3) is 0 Å². The fourth-order valence-corrected chi connectivity index (χ4v) is 3.29. The summed E-state index contributed by atoms with van der Waals surface area (Å²) in [5.74, 6) is 0. The zero-order chi connectivity index (χ0) is 15.4. The predicted octanol–water partition coefficient (Wildman–Crippen LogP) is 4.86. The Hall–Kier alpha value is -1.59. The second-order valence-corrected chi connectivity index (χ2v) is 6.62. The molecule has 5 heteroatoms. The first-order valence-electron chi connectivity index (χ1n) is 7.40. The third-order valence-corrected chi connectivity index (χ3v) is 4.38. The molecule has 1 fully saturated rings. The molecule has 2 aromatic rings. The molecule has 1 aliphatic heterocycles. The topological polar surface area (TPSA) is 27.3 Å². The number of nitrogens with one attached hydrogen (secondary N) is 2. The van der Waals surface area contributed by atoms with Gasteiger partial charge in [-0.2, -0.15) is 0 Å². The number of anilines is 3. The Morgan fingerprint density at radius 2 is 1.77 bits per heavy atom. The van der Waals surface area contributed by atoms with Crippen molar-refractivity contribution in [2.45, 2.75) is 12.8 Å². The van der Waals surface area contributed by atoms with Crippen LogP contribution in [0.2, 0.25) is 0 Å². The van der Waals surface area contributed by atoms with Crippen LogP contribution >= 0.6 is 28.1 Å². The Morgan fingerprint density at radius 3 is 2.55 bits per heavy atom. The number of nitrogens with zero attached hydrogens (tertiary/aromatic N) is 1. The van der Waals surface area contributed by atoms with Gasteiger partial charge in [0.05, 0.1) is 11.4 Å². The van der Waals surface area contributed by atoms with Crippen LogP contribution in [0.3, 0.4) is 0 Å². The van der Waals surface area contributed by atoms with Gasteiger partial charge in [-0.15, -0.1) is 0 Å². The fourth-order valence-electron chi connectivity index (χ4n) is 2.66. The highest BCUT2D eigenvalue weighted by molar-refractivity contribution is 9.10. The summed E-state index contributed by atoms with van der Waals surface area (Å²) in [5.41, 5.74) is 3.24. The van der Waals surface area contributed by atoms with Crippen molar-refractivity contribution in [3.05, 3.63) is 53.0 Å². The standard InChI is InChI=1S/C17H18BrN3S/c18-13-6-5-7-14(12-13)19-17(22)20-15-8-1-2-9-16(15)21-10-3-4-11-21/h1-2,5-9,12H,3-4,10-11H2,(H2,19,20,22). The van der Waals surface area contributed by atoms with Crippen molar-refractivity contribution in [3.63, 3.8) is 0 Å². The molecule has 3 nitrogen and oxygen atoms in total. The number of hydrogen-bond donors (Lipinski definition) is 2. The maximum Gasteiger partial charge on any atom is 0.175 e. The number of thiocarbonyl (C=S) groups is 1. The molecule has 3 rings (SSSR count). The second kappa shape index (κ2) is 7.11. The minimum atomic E-state index is 0.602. The lowest BCUT2D eigenvalue weighted by atomic mass is 10.2. The van der Waals surface area contributed by atoms with Gasteiger partial charge in [-0.3, -0.25) is 0 Å². The summed E-state index contributed by atoms with van der Waals surface area (Å²) in [6.45, 7) is 2.23. The van der Waals surface area contributed by atoms with E-state index in [9.17, 15) is 0 Å². The Morgan fingerprint density at radius 1 is 1.00 bits per heavy atom. The third-order valence-electron chi connectivity index (χ3n) is 3.68. The van der Waals surface area contributed by atoms with E-state index in [0.29, 0.717) is 5.11 Å². The van der Waals surface area contributed by atoms with E-state index in [0.717, 1.165) is 28.9 Å². The number of benzene rings is 2.